The Morgan fingerprint density at radius 1 is 1.06 bits per heavy atom. The normalized spacial score (nSPS) is 48.5. The molecule has 2 nitrogen and oxygen atoms in total. The van der Waals surface area contributed by atoms with Gasteiger partial charge in [-0.2, -0.15) is 0 Å². The van der Waals surface area contributed by atoms with Gasteiger partial charge in [0.2, 0.25) is 0 Å². The van der Waals surface area contributed by atoms with Gasteiger partial charge in [0.25, 0.3) is 0 Å². The van der Waals surface area contributed by atoms with Crippen LogP contribution in [0.3, 0.4) is 0 Å². The minimum Gasteiger partial charge on any atom is -0.375 e. The molecule has 1 saturated heterocycles. The highest BCUT2D eigenvalue weighted by Crippen LogP contribution is 2.56. The van der Waals surface area contributed by atoms with Gasteiger partial charge in [-0.1, -0.05) is 0 Å². The van der Waals surface area contributed by atoms with Crippen LogP contribution < -0.4 is 5.73 Å². The maximum atomic E-state index is 6.58. The molecule has 0 amide bonds. The summed E-state index contributed by atoms with van der Waals surface area (Å²) in [5.74, 6) is 3.75. The van der Waals surface area contributed by atoms with Gasteiger partial charge >= 0.3 is 0 Å². The molecule has 4 atom stereocenters. The number of hydrogen-bond acceptors (Lipinski definition) is 2. The number of hydrogen-bond donors (Lipinski definition) is 1. The molecule has 4 aliphatic rings. The summed E-state index contributed by atoms with van der Waals surface area (Å²) < 4.78 is 6.02. The predicted molar refractivity (Wildman–Crippen MR) is 67.6 cm³/mol. The van der Waals surface area contributed by atoms with Crippen molar-refractivity contribution in [2.75, 3.05) is 6.61 Å². The Morgan fingerprint density at radius 2 is 1.82 bits per heavy atom. The molecule has 4 rings (SSSR count). The third-order valence-corrected chi connectivity index (χ3v) is 6.16. The van der Waals surface area contributed by atoms with Crippen molar-refractivity contribution in [1.29, 1.82) is 0 Å². The Labute approximate surface area is 104 Å². The molecular formula is C15H25NO. The average molecular weight is 235 g/mol. The maximum Gasteiger partial charge on any atom is 0.0685 e. The lowest BCUT2D eigenvalue weighted by Gasteiger charge is -2.49. The predicted octanol–water partition coefficient (Wildman–Crippen LogP) is 2.71. The van der Waals surface area contributed by atoms with Crippen LogP contribution in [0.15, 0.2) is 0 Å². The van der Waals surface area contributed by atoms with E-state index < -0.39 is 0 Å². The summed E-state index contributed by atoms with van der Waals surface area (Å²) >= 11 is 0. The Bertz CT molecular complexity index is 302. The largest absolute Gasteiger partial charge is 0.375 e. The smallest absolute Gasteiger partial charge is 0.0685 e. The van der Waals surface area contributed by atoms with Crippen LogP contribution >= 0.6 is 0 Å². The van der Waals surface area contributed by atoms with E-state index in [-0.39, 0.29) is 5.60 Å². The number of rotatable bonds is 2. The zero-order valence-corrected chi connectivity index (χ0v) is 10.7. The molecule has 4 unspecified atom stereocenters. The van der Waals surface area contributed by atoms with E-state index in [2.05, 4.69) is 0 Å². The second kappa shape index (κ2) is 3.71. The highest BCUT2D eigenvalue weighted by molar-refractivity contribution is 5.02. The van der Waals surface area contributed by atoms with Crippen molar-refractivity contribution in [3.05, 3.63) is 0 Å². The monoisotopic (exact) mass is 235 g/mol. The van der Waals surface area contributed by atoms with Crippen molar-refractivity contribution in [1.82, 2.24) is 0 Å². The lowest BCUT2D eigenvalue weighted by atomic mass is 9.68. The average Bonchev–Trinajstić information content (AvgIpc) is 2.93. The van der Waals surface area contributed by atoms with E-state index in [1.54, 1.807) is 0 Å². The molecule has 0 aromatic heterocycles. The third kappa shape index (κ3) is 1.76. The van der Waals surface area contributed by atoms with Gasteiger partial charge in [-0.3, -0.25) is 0 Å². The van der Waals surface area contributed by atoms with Gasteiger partial charge in [0.15, 0.2) is 0 Å². The minimum absolute atomic E-state index is 0.280. The summed E-state index contributed by atoms with van der Waals surface area (Å²) in [7, 11) is 0. The third-order valence-electron chi connectivity index (χ3n) is 6.16. The molecule has 1 aliphatic heterocycles. The summed E-state index contributed by atoms with van der Waals surface area (Å²) in [5, 5.41) is 0. The lowest BCUT2D eigenvalue weighted by molar-refractivity contribution is -0.147. The highest BCUT2D eigenvalue weighted by Gasteiger charge is 2.50. The zero-order chi connectivity index (χ0) is 11.5. The van der Waals surface area contributed by atoms with Crippen LogP contribution in [0.1, 0.15) is 51.4 Å². The topological polar surface area (TPSA) is 35.2 Å². The van der Waals surface area contributed by atoms with E-state index in [0.29, 0.717) is 6.04 Å². The Morgan fingerprint density at radius 3 is 2.47 bits per heavy atom. The van der Waals surface area contributed by atoms with Crippen molar-refractivity contribution >= 4 is 0 Å². The summed E-state index contributed by atoms with van der Waals surface area (Å²) in [6.45, 7) is 0.970. The number of nitrogens with two attached hydrogens (primary N) is 1. The summed E-state index contributed by atoms with van der Waals surface area (Å²) in [5.41, 5.74) is 6.86. The summed E-state index contributed by atoms with van der Waals surface area (Å²) in [4.78, 5) is 0. The van der Waals surface area contributed by atoms with Crippen LogP contribution in [0.4, 0.5) is 0 Å². The SMILES string of the molecule is NC(C1CC2CC2C1)C1CCOC2(CCC2)C1. The van der Waals surface area contributed by atoms with Gasteiger partial charge in [-0.25, -0.2) is 0 Å². The molecule has 3 saturated carbocycles. The molecule has 3 aliphatic carbocycles. The Balaban J connectivity index is 1.40. The molecule has 1 heterocycles. The van der Waals surface area contributed by atoms with Crippen LogP contribution in [-0.2, 0) is 4.74 Å². The highest BCUT2D eigenvalue weighted by atomic mass is 16.5. The molecule has 1 spiro atoms. The molecule has 4 fully saturated rings. The molecular weight excluding hydrogens is 210 g/mol. The van der Waals surface area contributed by atoms with Gasteiger partial charge in [0, 0.05) is 12.6 Å². The van der Waals surface area contributed by atoms with E-state index in [1.165, 1.54) is 51.4 Å². The van der Waals surface area contributed by atoms with E-state index in [1.807, 2.05) is 0 Å². The first-order chi connectivity index (χ1) is 8.26. The van der Waals surface area contributed by atoms with Crippen molar-refractivity contribution in [3.63, 3.8) is 0 Å². The molecule has 0 aromatic rings. The van der Waals surface area contributed by atoms with Gasteiger partial charge in [0.05, 0.1) is 5.60 Å². The van der Waals surface area contributed by atoms with E-state index in [9.17, 15) is 0 Å². The van der Waals surface area contributed by atoms with Gasteiger partial charge < -0.3 is 10.5 Å². The van der Waals surface area contributed by atoms with Crippen molar-refractivity contribution in [3.8, 4) is 0 Å². The Hall–Kier alpha value is -0.0800. The van der Waals surface area contributed by atoms with Crippen molar-refractivity contribution < 1.29 is 4.74 Å². The Kier molecular flexibility index (Phi) is 2.36. The van der Waals surface area contributed by atoms with Gasteiger partial charge in [-0.15, -0.1) is 0 Å². The molecule has 0 aromatic carbocycles. The molecule has 0 radical (unpaired) electrons. The second-order valence-electron chi connectivity index (χ2n) is 7.20. The summed E-state index contributed by atoms with van der Waals surface area (Å²) in [6.07, 6.45) is 10.8. The molecule has 96 valence electrons. The first kappa shape index (κ1) is 10.8. The molecule has 2 heteroatoms. The fraction of sp³-hybridized carbons (Fsp3) is 1.00. The van der Waals surface area contributed by atoms with Crippen LogP contribution in [0.5, 0.6) is 0 Å². The quantitative estimate of drug-likeness (QED) is 0.798. The zero-order valence-electron chi connectivity index (χ0n) is 10.7. The maximum absolute atomic E-state index is 6.58. The van der Waals surface area contributed by atoms with Crippen LogP contribution in [0.25, 0.3) is 0 Å². The van der Waals surface area contributed by atoms with Crippen LogP contribution in [0, 0.1) is 23.7 Å². The van der Waals surface area contributed by atoms with E-state index in [4.69, 9.17) is 10.5 Å². The van der Waals surface area contributed by atoms with Crippen LogP contribution in [-0.4, -0.2) is 18.2 Å². The summed E-state index contributed by atoms with van der Waals surface area (Å²) in [6, 6.07) is 0.476. The van der Waals surface area contributed by atoms with Crippen molar-refractivity contribution in [2.45, 2.75) is 63.0 Å². The van der Waals surface area contributed by atoms with Crippen LogP contribution in [0.2, 0.25) is 0 Å². The number of fused-ring (bicyclic) bond motifs is 1. The minimum atomic E-state index is 0.280. The van der Waals surface area contributed by atoms with Crippen molar-refractivity contribution in [2.24, 2.45) is 29.4 Å². The molecule has 2 N–H and O–H groups in total. The second-order valence-corrected chi connectivity index (χ2v) is 7.20. The fourth-order valence-corrected chi connectivity index (χ4v) is 4.77. The fourth-order valence-electron chi connectivity index (χ4n) is 4.77. The van der Waals surface area contributed by atoms with E-state index in [0.717, 1.165) is 30.3 Å². The standard InChI is InChI=1S/C15H25NO/c16-14(13-7-11-6-12(11)8-13)10-2-5-17-15(9-10)3-1-4-15/h10-14H,1-9,16H2. The lowest BCUT2D eigenvalue weighted by Crippen LogP contribution is -2.50. The first-order valence-corrected chi connectivity index (χ1v) is 7.65. The molecule has 0 bridgehead atoms. The van der Waals surface area contributed by atoms with Gasteiger partial charge in [-0.05, 0) is 75.0 Å². The first-order valence-electron chi connectivity index (χ1n) is 7.65. The number of ether oxygens (including phenoxy) is 1. The molecule has 17 heavy (non-hydrogen) atoms. The van der Waals surface area contributed by atoms with E-state index >= 15 is 0 Å². The van der Waals surface area contributed by atoms with Gasteiger partial charge in [0.1, 0.15) is 0 Å².